The minimum absolute atomic E-state index is 0.111. The summed E-state index contributed by atoms with van der Waals surface area (Å²) >= 11 is 0.734. The Labute approximate surface area is 138 Å². The van der Waals surface area contributed by atoms with Gasteiger partial charge in [-0.3, -0.25) is 14.9 Å². The summed E-state index contributed by atoms with van der Waals surface area (Å²) in [5.41, 5.74) is 0. The maximum absolute atomic E-state index is 12.1. The van der Waals surface area contributed by atoms with E-state index in [0.717, 1.165) is 30.6 Å². The molecule has 7 nitrogen and oxygen atoms in total. The third kappa shape index (κ3) is 4.51. The summed E-state index contributed by atoms with van der Waals surface area (Å²) in [6.45, 7) is 3.61. The predicted octanol–water partition coefficient (Wildman–Crippen LogP) is 2.90. The molecule has 1 N–H and O–H groups in total. The largest absolute Gasteiger partial charge is 0.448 e. The van der Waals surface area contributed by atoms with Crippen LogP contribution in [0.3, 0.4) is 0 Å². The van der Waals surface area contributed by atoms with Gasteiger partial charge in [0.25, 0.3) is 5.91 Å². The number of thiophene rings is 1. The summed E-state index contributed by atoms with van der Waals surface area (Å²) in [6.07, 6.45) is 3.35. The zero-order valence-electron chi connectivity index (χ0n) is 13.1. The molecule has 0 radical (unpaired) electrons. The predicted molar refractivity (Wildman–Crippen MR) is 85.4 cm³/mol. The number of nitro groups is 1. The molecule has 1 fully saturated rings. The topological polar surface area (TPSA) is 98.5 Å². The normalized spacial score (nSPS) is 22.2. The van der Waals surface area contributed by atoms with Crippen LogP contribution < -0.4 is 5.32 Å². The summed E-state index contributed by atoms with van der Waals surface area (Å²) in [5.74, 6) is -0.638. The molecule has 23 heavy (non-hydrogen) atoms. The van der Waals surface area contributed by atoms with E-state index in [1.165, 1.54) is 25.5 Å². The second-order valence-electron chi connectivity index (χ2n) is 5.82. The van der Waals surface area contributed by atoms with Crippen molar-refractivity contribution >= 4 is 28.2 Å². The number of hydrogen-bond donors (Lipinski definition) is 1. The Balaban J connectivity index is 1.89. The maximum atomic E-state index is 12.1. The molecule has 1 amide bonds. The van der Waals surface area contributed by atoms with Gasteiger partial charge in [-0.05, 0) is 31.7 Å². The van der Waals surface area contributed by atoms with E-state index >= 15 is 0 Å². The molecule has 8 heteroatoms. The first-order valence-corrected chi connectivity index (χ1v) is 8.45. The summed E-state index contributed by atoms with van der Waals surface area (Å²) in [6, 6.07) is 2.69. The monoisotopic (exact) mass is 340 g/mol. The molecule has 0 saturated heterocycles. The van der Waals surface area contributed by atoms with E-state index in [-0.39, 0.29) is 21.8 Å². The number of carbonyl (C=O) groups is 2. The minimum atomic E-state index is -0.933. The Morgan fingerprint density at radius 2 is 2.09 bits per heavy atom. The van der Waals surface area contributed by atoms with Crippen molar-refractivity contribution in [2.45, 2.75) is 51.7 Å². The lowest BCUT2D eigenvalue weighted by Crippen LogP contribution is -2.45. The van der Waals surface area contributed by atoms with Crippen molar-refractivity contribution in [1.82, 2.24) is 5.32 Å². The van der Waals surface area contributed by atoms with Crippen molar-refractivity contribution in [2.75, 3.05) is 0 Å². The summed E-state index contributed by atoms with van der Waals surface area (Å²) in [4.78, 5) is 34.2. The Bertz CT molecular complexity index is 600. The van der Waals surface area contributed by atoms with Gasteiger partial charge >= 0.3 is 11.0 Å². The van der Waals surface area contributed by atoms with Gasteiger partial charge in [0.1, 0.15) is 4.88 Å². The SMILES string of the molecule is C[C@H](OC(=O)c1ccc([N+](=O)[O-])s1)C(=O)N[C@@H]1CCCC[C@@H]1C. The Hall–Kier alpha value is -1.96. The number of esters is 1. The Morgan fingerprint density at radius 3 is 2.70 bits per heavy atom. The molecule has 1 aromatic heterocycles. The first-order valence-electron chi connectivity index (χ1n) is 7.64. The average Bonchev–Trinajstić information content (AvgIpc) is 2.99. The van der Waals surface area contributed by atoms with Crippen LogP contribution in [0.25, 0.3) is 0 Å². The van der Waals surface area contributed by atoms with Crippen LogP contribution in [0.15, 0.2) is 12.1 Å². The van der Waals surface area contributed by atoms with Crippen molar-refractivity contribution in [3.63, 3.8) is 0 Å². The van der Waals surface area contributed by atoms with E-state index in [1.807, 2.05) is 0 Å². The summed E-state index contributed by atoms with van der Waals surface area (Å²) in [5, 5.41) is 13.4. The lowest BCUT2D eigenvalue weighted by atomic mass is 9.86. The molecule has 0 unspecified atom stereocenters. The van der Waals surface area contributed by atoms with E-state index in [0.29, 0.717) is 5.92 Å². The van der Waals surface area contributed by atoms with Gasteiger partial charge in [-0.1, -0.05) is 31.1 Å². The van der Waals surface area contributed by atoms with Crippen LogP contribution in [0.5, 0.6) is 0 Å². The fraction of sp³-hybridized carbons (Fsp3) is 0.600. The van der Waals surface area contributed by atoms with Crippen LogP contribution in [0, 0.1) is 16.0 Å². The maximum Gasteiger partial charge on any atom is 0.349 e. The molecule has 1 aliphatic rings. The van der Waals surface area contributed by atoms with Crippen molar-refractivity contribution in [3.8, 4) is 0 Å². The Morgan fingerprint density at radius 1 is 1.39 bits per heavy atom. The van der Waals surface area contributed by atoms with Gasteiger partial charge in [0.2, 0.25) is 0 Å². The second-order valence-corrected chi connectivity index (χ2v) is 6.88. The second kappa shape index (κ2) is 7.54. The molecule has 1 heterocycles. The van der Waals surface area contributed by atoms with Crippen molar-refractivity contribution in [1.29, 1.82) is 0 Å². The van der Waals surface area contributed by atoms with Crippen LogP contribution in [0.2, 0.25) is 0 Å². The van der Waals surface area contributed by atoms with E-state index in [4.69, 9.17) is 4.74 Å². The third-order valence-corrected chi connectivity index (χ3v) is 5.08. The Kier molecular flexibility index (Phi) is 5.70. The van der Waals surface area contributed by atoms with Gasteiger partial charge < -0.3 is 10.1 Å². The molecule has 1 aromatic rings. The van der Waals surface area contributed by atoms with Crippen molar-refractivity contribution in [2.24, 2.45) is 5.92 Å². The molecule has 0 aromatic carbocycles. The van der Waals surface area contributed by atoms with Crippen LogP contribution in [0.1, 0.15) is 49.2 Å². The van der Waals surface area contributed by atoms with Crippen LogP contribution in [-0.4, -0.2) is 28.9 Å². The van der Waals surface area contributed by atoms with Gasteiger partial charge in [-0.25, -0.2) is 4.79 Å². The van der Waals surface area contributed by atoms with Gasteiger partial charge in [-0.2, -0.15) is 0 Å². The average molecular weight is 340 g/mol. The van der Waals surface area contributed by atoms with Gasteiger partial charge in [0.15, 0.2) is 6.10 Å². The number of amides is 1. The first-order chi connectivity index (χ1) is 10.9. The molecular weight excluding hydrogens is 320 g/mol. The van der Waals surface area contributed by atoms with E-state index < -0.39 is 17.0 Å². The van der Waals surface area contributed by atoms with Crippen molar-refractivity contribution < 1.29 is 19.2 Å². The van der Waals surface area contributed by atoms with Gasteiger partial charge in [0, 0.05) is 12.1 Å². The van der Waals surface area contributed by atoms with Crippen molar-refractivity contribution in [3.05, 3.63) is 27.1 Å². The highest BCUT2D eigenvalue weighted by Gasteiger charge is 2.27. The van der Waals surface area contributed by atoms with E-state index in [1.54, 1.807) is 0 Å². The summed E-state index contributed by atoms with van der Waals surface area (Å²) < 4.78 is 5.10. The molecule has 1 aliphatic carbocycles. The van der Waals surface area contributed by atoms with Crippen LogP contribution >= 0.6 is 11.3 Å². The molecule has 0 aliphatic heterocycles. The standard InChI is InChI=1S/C15H20N2O5S/c1-9-5-3-4-6-11(9)16-14(18)10(2)22-15(19)12-7-8-13(23-12)17(20)21/h7-11H,3-6H2,1-2H3,(H,16,18)/t9-,10-,11+/m0/s1. The number of carbonyl (C=O) groups excluding carboxylic acids is 2. The van der Waals surface area contributed by atoms with Gasteiger partial charge in [0.05, 0.1) is 4.92 Å². The van der Waals surface area contributed by atoms with E-state index in [2.05, 4.69) is 12.2 Å². The van der Waals surface area contributed by atoms with Crippen LogP contribution in [-0.2, 0) is 9.53 Å². The number of hydrogen-bond acceptors (Lipinski definition) is 6. The first kappa shape index (κ1) is 17.4. The summed E-state index contributed by atoms with van der Waals surface area (Å²) in [7, 11) is 0. The molecule has 0 bridgehead atoms. The highest BCUT2D eigenvalue weighted by molar-refractivity contribution is 7.17. The minimum Gasteiger partial charge on any atom is -0.448 e. The van der Waals surface area contributed by atoms with E-state index in [9.17, 15) is 19.7 Å². The molecule has 126 valence electrons. The number of rotatable bonds is 5. The lowest BCUT2D eigenvalue weighted by Gasteiger charge is -2.30. The van der Waals surface area contributed by atoms with Gasteiger partial charge in [-0.15, -0.1) is 0 Å². The fourth-order valence-electron chi connectivity index (χ4n) is 2.64. The molecule has 3 atom stereocenters. The highest BCUT2D eigenvalue weighted by atomic mass is 32.1. The van der Waals surface area contributed by atoms with Crippen LogP contribution in [0.4, 0.5) is 5.00 Å². The zero-order valence-corrected chi connectivity index (χ0v) is 13.9. The number of nitrogens with zero attached hydrogens (tertiary/aromatic N) is 1. The molecule has 0 spiro atoms. The highest BCUT2D eigenvalue weighted by Crippen LogP contribution is 2.25. The lowest BCUT2D eigenvalue weighted by molar-refractivity contribution is -0.380. The molecule has 2 rings (SSSR count). The molecule has 1 saturated carbocycles. The molecular formula is C15H20N2O5S. The fourth-order valence-corrected chi connectivity index (χ4v) is 3.34. The zero-order chi connectivity index (χ0) is 17.0. The number of nitrogens with one attached hydrogen (secondary N) is 1. The quantitative estimate of drug-likeness (QED) is 0.505. The smallest absolute Gasteiger partial charge is 0.349 e. The third-order valence-electron chi connectivity index (χ3n) is 4.07. The number of ether oxygens (including phenoxy) is 1.